The van der Waals surface area contributed by atoms with Gasteiger partial charge in [0.2, 0.25) is 0 Å². The lowest BCUT2D eigenvalue weighted by molar-refractivity contribution is 0.0857. The second kappa shape index (κ2) is 13.5. The third-order valence-electron chi connectivity index (χ3n) is 5.38. The molecule has 0 saturated carbocycles. The van der Waals surface area contributed by atoms with Crippen molar-refractivity contribution in [2.45, 2.75) is 60.1 Å². The summed E-state index contributed by atoms with van der Waals surface area (Å²) in [7, 11) is -1.04. The fraction of sp³-hybridized carbons (Fsp3) is 0.333. The molecular weight excluding hydrogens is 488 g/mol. The van der Waals surface area contributed by atoms with Crippen LogP contribution in [0.1, 0.15) is 45.6 Å². The molecule has 196 valence electrons. The zero-order chi connectivity index (χ0) is 27.5. The van der Waals surface area contributed by atoms with Gasteiger partial charge in [0.05, 0.1) is 6.20 Å². The minimum absolute atomic E-state index is 0.541. The fourth-order valence-corrected chi connectivity index (χ4v) is 4.00. The maximum atomic E-state index is 5.77. The van der Waals surface area contributed by atoms with Gasteiger partial charge < -0.3 is 14.3 Å². The van der Waals surface area contributed by atoms with E-state index in [9.17, 15) is 0 Å². The molecule has 1 N–H and O–H groups in total. The van der Waals surface area contributed by atoms with E-state index in [0.29, 0.717) is 6.73 Å². The van der Waals surface area contributed by atoms with Crippen LogP contribution in [0.15, 0.2) is 49.1 Å². The van der Waals surface area contributed by atoms with Crippen LogP contribution in [0.25, 0.3) is 0 Å². The van der Waals surface area contributed by atoms with Crippen molar-refractivity contribution in [3.05, 3.63) is 94.6 Å². The van der Waals surface area contributed by atoms with E-state index in [1.165, 1.54) is 6.04 Å². The Kier molecular flexibility index (Phi) is 10.2. The quantitative estimate of drug-likeness (QED) is 0.214. The number of nitrogens with one attached hydrogen (secondary N) is 1. The van der Waals surface area contributed by atoms with Crippen LogP contribution in [0, 0.1) is 51.4 Å². The van der Waals surface area contributed by atoms with E-state index in [1.807, 2.05) is 62.7 Å². The highest BCUT2D eigenvalue weighted by Gasteiger charge is 2.12. The largest absolute Gasteiger partial charge is 0.361 e. The number of hydrogen-bond donors (Lipinski definition) is 1. The number of ether oxygens (including phenoxy) is 1. The van der Waals surface area contributed by atoms with Gasteiger partial charge in [-0.2, -0.15) is 0 Å². The second-order valence-corrected chi connectivity index (χ2v) is 15.9. The maximum absolute atomic E-state index is 5.77. The zero-order valence-electron chi connectivity index (χ0n) is 23.4. The summed E-state index contributed by atoms with van der Waals surface area (Å²) < 4.78 is 7.78. The number of aryl methyl sites for hydroxylation is 4. The summed E-state index contributed by atoms with van der Waals surface area (Å²) in [4.78, 5) is 19.9. The number of rotatable bonds is 5. The van der Waals surface area contributed by atoms with Crippen LogP contribution in [-0.2, 0) is 11.5 Å². The van der Waals surface area contributed by atoms with Gasteiger partial charge in [0, 0.05) is 55.8 Å². The molecule has 0 radical (unpaired) electrons. The van der Waals surface area contributed by atoms with Crippen LogP contribution < -0.4 is 0 Å². The van der Waals surface area contributed by atoms with Gasteiger partial charge >= 0.3 is 0 Å². The monoisotopic (exact) mass is 524 g/mol. The predicted molar refractivity (Wildman–Crippen MR) is 154 cm³/mol. The second-order valence-electron chi connectivity index (χ2n) is 10.2. The minimum Gasteiger partial charge on any atom is -0.361 e. The number of imidazole rings is 2. The van der Waals surface area contributed by atoms with Crippen LogP contribution in [0.2, 0.25) is 25.7 Å². The SMILES string of the molecule is Cc1cc(C#Cc2cn(COCC[Si](C)(C)C)c(C)n2)ccn1.Cc1cc(C#Cc2cnc(C)[nH]2)ccn1. The molecule has 0 bridgehead atoms. The highest BCUT2D eigenvalue weighted by atomic mass is 28.3. The predicted octanol–water partition coefficient (Wildman–Crippen LogP) is 5.43. The zero-order valence-corrected chi connectivity index (χ0v) is 24.4. The first kappa shape index (κ1) is 28.6. The van der Waals surface area contributed by atoms with Crippen molar-refractivity contribution in [1.82, 2.24) is 29.5 Å². The van der Waals surface area contributed by atoms with Crippen molar-refractivity contribution in [1.29, 1.82) is 0 Å². The van der Waals surface area contributed by atoms with Crippen molar-refractivity contribution in [3.63, 3.8) is 0 Å². The molecule has 0 aliphatic rings. The lowest BCUT2D eigenvalue weighted by Crippen LogP contribution is -2.22. The van der Waals surface area contributed by atoms with Crippen molar-refractivity contribution in [2.24, 2.45) is 0 Å². The third-order valence-corrected chi connectivity index (χ3v) is 7.08. The summed E-state index contributed by atoms with van der Waals surface area (Å²) in [5.41, 5.74) is 5.47. The first-order chi connectivity index (χ1) is 18.1. The summed E-state index contributed by atoms with van der Waals surface area (Å²) in [6, 6.07) is 8.90. The topological polar surface area (TPSA) is 81.5 Å². The van der Waals surface area contributed by atoms with Crippen molar-refractivity contribution in [2.75, 3.05) is 6.61 Å². The van der Waals surface area contributed by atoms with E-state index in [0.717, 1.165) is 52.2 Å². The standard InChI is InChI=1S/C18H25N3OSi.C12H11N3/c1-15-12-17(8-9-19-15)6-7-18-13-21(16(2)20-18)14-22-10-11-23(3,4)5;1-9-7-11(5-6-13-9)3-4-12-8-14-10(2)15-12/h8-9,12-13H,10-11,14H2,1-5H3;5-8H,1-2H3,(H,14,15). The molecule has 0 amide bonds. The molecule has 0 aromatic carbocycles. The van der Waals surface area contributed by atoms with E-state index in [1.54, 1.807) is 18.6 Å². The lowest BCUT2D eigenvalue weighted by atomic mass is 10.2. The Morgan fingerprint density at radius 3 is 2.05 bits per heavy atom. The number of H-pyrrole nitrogens is 1. The average Bonchev–Trinajstić information content (AvgIpc) is 3.43. The Bertz CT molecular complexity index is 1470. The van der Waals surface area contributed by atoms with Gasteiger partial charge in [-0.25, -0.2) is 9.97 Å². The Labute approximate surface area is 227 Å². The molecule has 7 nitrogen and oxygen atoms in total. The molecule has 0 unspecified atom stereocenters. The Morgan fingerprint density at radius 2 is 1.50 bits per heavy atom. The Morgan fingerprint density at radius 1 is 0.868 bits per heavy atom. The van der Waals surface area contributed by atoms with Crippen molar-refractivity contribution in [3.8, 4) is 23.7 Å². The molecule has 0 saturated heterocycles. The van der Waals surface area contributed by atoms with E-state index in [2.05, 4.69) is 68.2 Å². The molecule has 0 aliphatic heterocycles. The van der Waals surface area contributed by atoms with Gasteiger partial charge in [-0.15, -0.1) is 0 Å². The van der Waals surface area contributed by atoms with E-state index >= 15 is 0 Å². The van der Waals surface area contributed by atoms with Gasteiger partial charge in [0.15, 0.2) is 0 Å². The average molecular weight is 525 g/mol. The molecule has 4 aromatic heterocycles. The highest BCUT2D eigenvalue weighted by Crippen LogP contribution is 2.09. The summed E-state index contributed by atoms with van der Waals surface area (Å²) in [5.74, 6) is 14.1. The molecule has 0 atom stereocenters. The van der Waals surface area contributed by atoms with Gasteiger partial charge in [0.1, 0.15) is 29.8 Å². The summed E-state index contributed by atoms with van der Waals surface area (Å²) in [5, 5.41) is 0. The van der Waals surface area contributed by atoms with Gasteiger partial charge in [0.25, 0.3) is 0 Å². The van der Waals surface area contributed by atoms with Crippen LogP contribution in [0.5, 0.6) is 0 Å². The fourth-order valence-electron chi connectivity index (χ4n) is 3.25. The van der Waals surface area contributed by atoms with Crippen LogP contribution in [0.3, 0.4) is 0 Å². The molecular formula is C30H36N6OSi. The van der Waals surface area contributed by atoms with Crippen LogP contribution >= 0.6 is 0 Å². The number of aromatic amines is 1. The normalized spacial score (nSPS) is 10.5. The Hall–Kier alpha value is -3.98. The van der Waals surface area contributed by atoms with Gasteiger partial charge in [-0.05, 0) is 69.8 Å². The molecule has 8 heteroatoms. The lowest BCUT2D eigenvalue weighted by Gasteiger charge is -2.15. The van der Waals surface area contributed by atoms with Crippen LogP contribution in [0.4, 0.5) is 0 Å². The first-order valence-electron chi connectivity index (χ1n) is 12.6. The number of aromatic nitrogens is 6. The van der Waals surface area contributed by atoms with E-state index in [4.69, 9.17) is 4.74 Å². The molecule has 0 fully saturated rings. The molecule has 4 aromatic rings. The summed E-state index contributed by atoms with van der Waals surface area (Å²) >= 11 is 0. The van der Waals surface area contributed by atoms with Crippen LogP contribution in [-0.4, -0.2) is 44.2 Å². The minimum atomic E-state index is -1.04. The van der Waals surface area contributed by atoms with E-state index < -0.39 is 8.07 Å². The third kappa shape index (κ3) is 10.2. The molecule has 38 heavy (non-hydrogen) atoms. The number of pyridine rings is 2. The van der Waals surface area contributed by atoms with E-state index in [-0.39, 0.29) is 0 Å². The molecule has 4 heterocycles. The summed E-state index contributed by atoms with van der Waals surface area (Å²) in [6.07, 6.45) is 7.22. The highest BCUT2D eigenvalue weighted by molar-refractivity contribution is 6.76. The Balaban J connectivity index is 0.000000230. The number of nitrogens with zero attached hydrogens (tertiary/aromatic N) is 5. The summed E-state index contributed by atoms with van der Waals surface area (Å²) in [6.45, 7) is 16.2. The van der Waals surface area contributed by atoms with Crippen molar-refractivity contribution >= 4 is 8.07 Å². The molecule has 0 spiro atoms. The molecule has 4 rings (SSSR count). The first-order valence-corrected chi connectivity index (χ1v) is 16.3. The maximum Gasteiger partial charge on any atom is 0.131 e. The number of hydrogen-bond acceptors (Lipinski definition) is 5. The molecule has 0 aliphatic carbocycles. The van der Waals surface area contributed by atoms with Gasteiger partial charge in [-0.3, -0.25) is 9.97 Å². The van der Waals surface area contributed by atoms with Gasteiger partial charge in [-0.1, -0.05) is 31.5 Å². The smallest absolute Gasteiger partial charge is 0.131 e. The van der Waals surface area contributed by atoms with Crippen molar-refractivity contribution < 1.29 is 4.74 Å².